The Bertz CT molecular complexity index is 1010. The summed E-state index contributed by atoms with van der Waals surface area (Å²) >= 11 is 12.0. The van der Waals surface area contributed by atoms with E-state index in [1.807, 2.05) is 0 Å². The molecule has 1 aromatic heterocycles. The lowest BCUT2D eigenvalue weighted by molar-refractivity contribution is 0.400. The van der Waals surface area contributed by atoms with Crippen LogP contribution in [0.1, 0.15) is 5.76 Å². The van der Waals surface area contributed by atoms with Gasteiger partial charge >= 0.3 is 0 Å². The van der Waals surface area contributed by atoms with Crippen molar-refractivity contribution in [3.05, 3.63) is 58.3 Å². The van der Waals surface area contributed by atoms with E-state index in [0.29, 0.717) is 21.5 Å². The van der Waals surface area contributed by atoms with Crippen LogP contribution in [-0.4, -0.2) is 13.6 Å². The summed E-state index contributed by atoms with van der Waals surface area (Å²) < 4.78 is 28.1. The predicted molar refractivity (Wildman–Crippen MR) is 93.5 cm³/mol. The van der Waals surface area contributed by atoms with Gasteiger partial charge in [-0.15, -0.1) is 0 Å². The highest BCUT2D eigenvalue weighted by Crippen LogP contribution is 2.36. The number of aryl methyl sites for hydroxylation is 1. The zero-order chi connectivity index (χ0) is 17.5. The fourth-order valence-electron chi connectivity index (χ4n) is 2.36. The molecular weight excluding hydrogens is 371 g/mol. The first-order valence-electron chi connectivity index (χ1n) is 6.82. The van der Waals surface area contributed by atoms with Gasteiger partial charge in [0.15, 0.2) is 0 Å². The highest BCUT2D eigenvalue weighted by atomic mass is 35.5. The van der Waals surface area contributed by atoms with E-state index in [4.69, 9.17) is 32.9 Å². The number of hydrogen-bond donors (Lipinski definition) is 1. The Morgan fingerprint density at radius 1 is 1.00 bits per heavy atom. The molecule has 0 amide bonds. The molecule has 1 heterocycles. The highest BCUT2D eigenvalue weighted by Gasteiger charge is 2.18. The largest absolute Gasteiger partial charge is 0.360 e. The third-order valence-electron chi connectivity index (χ3n) is 3.53. The van der Waals surface area contributed by atoms with Crippen molar-refractivity contribution < 1.29 is 12.9 Å². The minimum Gasteiger partial charge on any atom is -0.360 e. The Morgan fingerprint density at radius 2 is 1.62 bits per heavy atom. The molecule has 2 aromatic carbocycles. The van der Waals surface area contributed by atoms with Gasteiger partial charge in [0, 0.05) is 5.56 Å². The Kier molecular flexibility index (Phi) is 4.40. The summed E-state index contributed by atoms with van der Waals surface area (Å²) in [6, 6.07) is 11.3. The Labute approximate surface area is 149 Å². The van der Waals surface area contributed by atoms with Gasteiger partial charge in [0.05, 0.1) is 20.5 Å². The van der Waals surface area contributed by atoms with E-state index < -0.39 is 10.0 Å². The third-order valence-corrected chi connectivity index (χ3v) is 5.20. The van der Waals surface area contributed by atoms with Gasteiger partial charge in [0.25, 0.3) is 0 Å². The molecule has 2 N–H and O–H groups in total. The maximum Gasteiger partial charge on any atom is 0.238 e. The Hall–Kier alpha value is -1.86. The first-order valence-corrected chi connectivity index (χ1v) is 9.12. The molecule has 0 spiro atoms. The average molecular weight is 383 g/mol. The van der Waals surface area contributed by atoms with Crippen molar-refractivity contribution >= 4 is 33.2 Å². The van der Waals surface area contributed by atoms with E-state index in [1.165, 1.54) is 12.1 Å². The lowest BCUT2D eigenvalue weighted by atomic mass is 9.99. The molecule has 0 saturated heterocycles. The van der Waals surface area contributed by atoms with Crippen molar-refractivity contribution in [2.45, 2.75) is 11.8 Å². The molecule has 3 rings (SSSR count). The van der Waals surface area contributed by atoms with Crippen molar-refractivity contribution in [2.75, 3.05) is 0 Å². The summed E-state index contributed by atoms with van der Waals surface area (Å²) in [5, 5.41) is 10.1. The minimum absolute atomic E-state index is 0.0384. The second-order valence-corrected chi connectivity index (χ2v) is 7.54. The normalized spacial score (nSPS) is 11.7. The van der Waals surface area contributed by atoms with E-state index in [9.17, 15) is 8.42 Å². The van der Waals surface area contributed by atoms with E-state index in [1.54, 1.807) is 37.3 Å². The van der Waals surface area contributed by atoms with Gasteiger partial charge in [-0.25, -0.2) is 13.6 Å². The number of nitrogens with zero attached hydrogens (tertiary/aromatic N) is 1. The van der Waals surface area contributed by atoms with E-state index in [-0.39, 0.29) is 4.90 Å². The van der Waals surface area contributed by atoms with Crippen LogP contribution in [0.15, 0.2) is 51.9 Å². The zero-order valence-electron chi connectivity index (χ0n) is 12.5. The fourth-order valence-corrected chi connectivity index (χ4v) is 3.18. The number of hydrogen-bond acceptors (Lipinski definition) is 4. The summed E-state index contributed by atoms with van der Waals surface area (Å²) in [6.45, 7) is 1.77. The van der Waals surface area contributed by atoms with Crippen LogP contribution in [0.4, 0.5) is 0 Å². The van der Waals surface area contributed by atoms with E-state index >= 15 is 0 Å². The molecule has 124 valence electrons. The smallest absolute Gasteiger partial charge is 0.238 e. The summed E-state index contributed by atoms with van der Waals surface area (Å²) in [7, 11) is -3.74. The molecule has 5 nitrogen and oxygen atoms in total. The van der Waals surface area contributed by atoms with Gasteiger partial charge in [-0.3, -0.25) is 0 Å². The lowest BCUT2D eigenvalue weighted by Gasteiger charge is -2.05. The second kappa shape index (κ2) is 6.22. The molecular formula is C16H12Cl2N2O3S. The molecule has 0 unspecified atom stereocenters. The van der Waals surface area contributed by atoms with Gasteiger partial charge in [0.2, 0.25) is 10.0 Å². The van der Waals surface area contributed by atoms with Gasteiger partial charge in [-0.1, -0.05) is 46.6 Å². The number of benzene rings is 2. The van der Waals surface area contributed by atoms with Crippen molar-refractivity contribution in [2.24, 2.45) is 5.14 Å². The summed E-state index contributed by atoms with van der Waals surface area (Å²) in [4.78, 5) is 0.0384. The van der Waals surface area contributed by atoms with Crippen LogP contribution < -0.4 is 5.14 Å². The lowest BCUT2D eigenvalue weighted by Crippen LogP contribution is -2.11. The fraction of sp³-hybridized carbons (Fsp3) is 0.0625. The van der Waals surface area contributed by atoms with Crippen LogP contribution >= 0.6 is 23.2 Å². The number of nitrogens with two attached hydrogens (primary N) is 1. The molecule has 24 heavy (non-hydrogen) atoms. The van der Waals surface area contributed by atoms with Crippen molar-refractivity contribution in [3.8, 4) is 22.4 Å². The number of primary sulfonamides is 1. The summed E-state index contributed by atoms with van der Waals surface area (Å²) in [5.41, 5.74) is 2.83. The van der Waals surface area contributed by atoms with Crippen molar-refractivity contribution in [3.63, 3.8) is 0 Å². The highest BCUT2D eigenvalue weighted by molar-refractivity contribution is 7.89. The maximum absolute atomic E-state index is 11.4. The molecule has 0 aliphatic carbocycles. The monoisotopic (exact) mass is 382 g/mol. The quantitative estimate of drug-likeness (QED) is 0.732. The topological polar surface area (TPSA) is 86.2 Å². The molecule has 0 aliphatic heterocycles. The Balaban J connectivity index is 2.12. The van der Waals surface area contributed by atoms with Crippen LogP contribution in [0.3, 0.4) is 0 Å². The standard InChI is InChI=1S/C16H12Cl2N2O3S/c1-9-15(10-2-5-12(6-3-10)24(19,21)22)16(20-23-9)11-4-7-13(17)14(18)8-11/h2-8H,1H3,(H2,19,21,22). The van der Waals surface area contributed by atoms with Crippen LogP contribution in [0, 0.1) is 6.92 Å². The molecule has 0 bridgehead atoms. The van der Waals surface area contributed by atoms with Gasteiger partial charge in [0.1, 0.15) is 11.5 Å². The van der Waals surface area contributed by atoms with Gasteiger partial charge in [-0.05, 0) is 36.8 Å². The maximum atomic E-state index is 11.4. The number of rotatable bonds is 3. The summed E-state index contributed by atoms with van der Waals surface area (Å²) in [5.74, 6) is 0.597. The number of aromatic nitrogens is 1. The molecule has 0 fully saturated rings. The molecule has 0 saturated carbocycles. The SMILES string of the molecule is Cc1onc(-c2ccc(Cl)c(Cl)c2)c1-c1ccc(S(N)(=O)=O)cc1. The van der Waals surface area contributed by atoms with Crippen molar-refractivity contribution in [1.82, 2.24) is 5.16 Å². The number of sulfonamides is 1. The predicted octanol–water partition coefficient (Wildman–Crippen LogP) is 4.27. The van der Waals surface area contributed by atoms with Crippen LogP contribution in [-0.2, 0) is 10.0 Å². The Morgan fingerprint density at radius 3 is 2.21 bits per heavy atom. The molecule has 8 heteroatoms. The van der Waals surface area contributed by atoms with Crippen LogP contribution in [0.2, 0.25) is 10.0 Å². The average Bonchev–Trinajstić information content (AvgIpc) is 2.91. The van der Waals surface area contributed by atoms with Crippen LogP contribution in [0.25, 0.3) is 22.4 Å². The zero-order valence-corrected chi connectivity index (χ0v) is 14.8. The number of halogens is 2. The molecule has 0 radical (unpaired) electrons. The summed E-state index contributed by atoms with van der Waals surface area (Å²) in [6.07, 6.45) is 0. The molecule has 3 aromatic rings. The first kappa shape index (κ1) is 17.0. The van der Waals surface area contributed by atoms with Gasteiger partial charge in [-0.2, -0.15) is 0 Å². The van der Waals surface area contributed by atoms with E-state index in [2.05, 4.69) is 5.16 Å². The van der Waals surface area contributed by atoms with Gasteiger partial charge < -0.3 is 4.52 Å². The van der Waals surface area contributed by atoms with Crippen molar-refractivity contribution in [1.29, 1.82) is 0 Å². The van der Waals surface area contributed by atoms with E-state index in [0.717, 1.165) is 16.7 Å². The third kappa shape index (κ3) is 3.18. The second-order valence-electron chi connectivity index (χ2n) is 5.16. The van der Waals surface area contributed by atoms with Crippen LogP contribution in [0.5, 0.6) is 0 Å². The minimum atomic E-state index is -3.74. The molecule has 0 atom stereocenters. The molecule has 0 aliphatic rings. The first-order chi connectivity index (χ1) is 11.3.